The molecule has 0 aliphatic carbocycles. The van der Waals surface area contributed by atoms with Gasteiger partial charge in [-0.3, -0.25) is 0 Å². The molecule has 0 unspecified atom stereocenters. The first-order chi connectivity index (χ1) is 7.81. The van der Waals surface area contributed by atoms with Crippen molar-refractivity contribution >= 4 is 29.1 Å². The minimum absolute atomic E-state index is 0.320. The van der Waals surface area contributed by atoms with Crippen LogP contribution in [0.4, 0.5) is 16.2 Å². The molecule has 90 valence electrons. The number of benzene rings is 1. The molecule has 4 nitrogen and oxygen atoms in total. The summed E-state index contributed by atoms with van der Waals surface area (Å²) < 4.78 is 5.08. The molecule has 1 amide bonds. The maximum absolute atomic E-state index is 11.5. The predicted octanol–water partition coefficient (Wildman–Crippen LogP) is 4.24. The van der Waals surface area contributed by atoms with Crippen LogP contribution >= 0.6 is 11.6 Å². The molecule has 0 fully saturated rings. The third-order valence-electron chi connectivity index (χ3n) is 1.71. The molecule has 0 heterocycles. The maximum Gasteiger partial charge on any atom is 0.411 e. The first-order valence-electron chi connectivity index (χ1n) is 4.99. The van der Waals surface area contributed by atoms with E-state index in [1.807, 2.05) is 0 Å². The lowest BCUT2D eigenvalue weighted by atomic mass is 10.2. The summed E-state index contributed by atoms with van der Waals surface area (Å²) >= 11 is 5.80. The maximum atomic E-state index is 11.5. The van der Waals surface area contributed by atoms with Gasteiger partial charge in [-0.2, -0.15) is 0 Å². The number of carbonyl (C=O) groups excluding carboxylic acids is 1. The second-order valence-corrected chi connectivity index (χ2v) is 4.84. The highest BCUT2D eigenvalue weighted by Gasteiger charge is 2.17. The molecule has 0 atom stereocenters. The Kier molecular flexibility index (Phi) is 3.97. The van der Waals surface area contributed by atoms with Crippen LogP contribution in [0.5, 0.6) is 0 Å². The van der Waals surface area contributed by atoms with Crippen molar-refractivity contribution in [2.45, 2.75) is 26.4 Å². The number of carbonyl (C=O) groups is 1. The number of amides is 1. The minimum atomic E-state index is -0.607. The summed E-state index contributed by atoms with van der Waals surface area (Å²) in [6.07, 6.45) is -0.607. The summed E-state index contributed by atoms with van der Waals surface area (Å²) in [6.45, 7) is 12.3. The Hall–Kier alpha value is -1.73. The number of anilines is 1. The van der Waals surface area contributed by atoms with E-state index in [0.29, 0.717) is 16.4 Å². The highest BCUT2D eigenvalue weighted by Crippen LogP contribution is 2.28. The Morgan fingerprint density at radius 1 is 1.47 bits per heavy atom. The molecule has 17 heavy (non-hydrogen) atoms. The molecule has 5 heteroatoms. The zero-order chi connectivity index (χ0) is 13.1. The number of halogens is 1. The molecule has 0 radical (unpaired) electrons. The van der Waals surface area contributed by atoms with Gasteiger partial charge in [0.05, 0.1) is 12.3 Å². The van der Waals surface area contributed by atoms with E-state index in [1.165, 1.54) is 6.07 Å². The molecule has 1 N–H and O–H groups in total. The van der Waals surface area contributed by atoms with Gasteiger partial charge in [0.1, 0.15) is 5.60 Å². The fraction of sp³-hybridized carbons (Fsp3) is 0.333. The molecule has 1 aromatic rings. The fourth-order valence-electron chi connectivity index (χ4n) is 1.12. The summed E-state index contributed by atoms with van der Waals surface area (Å²) in [5.74, 6) is 0. The summed E-state index contributed by atoms with van der Waals surface area (Å²) in [5.41, 5.74) is 0.0861. The zero-order valence-corrected chi connectivity index (χ0v) is 10.6. The van der Waals surface area contributed by atoms with Crippen molar-refractivity contribution in [1.29, 1.82) is 0 Å². The van der Waals surface area contributed by atoms with Crippen LogP contribution in [0.15, 0.2) is 18.2 Å². The van der Waals surface area contributed by atoms with Gasteiger partial charge in [-0.05, 0) is 26.8 Å². The molecule has 0 aliphatic heterocycles. The third-order valence-corrected chi connectivity index (χ3v) is 1.95. The topological polar surface area (TPSA) is 42.7 Å². The normalized spacial score (nSPS) is 10.5. The Morgan fingerprint density at radius 2 is 2.12 bits per heavy atom. The van der Waals surface area contributed by atoms with E-state index in [1.54, 1.807) is 32.9 Å². The first-order valence-corrected chi connectivity index (χ1v) is 5.36. The van der Waals surface area contributed by atoms with E-state index in [0.717, 1.165) is 0 Å². The predicted molar refractivity (Wildman–Crippen MR) is 67.6 cm³/mol. The van der Waals surface area contributed by atoms with Gasteiger partial charge < -0.3 is 10.1 Å². The third kappa shape index (κ3) is 4.33. The van der Waals surface area contributed by atoms with E-state index in [4.69, 9.17) is 22.9 Å². The Labute approximate surface area is 105 Å². The number of rotatable bonds is 1. The SMILES string of the molecule is [C-]#[N+]c1ccc(Cl)cc1NC(=O)OC(C)(C)C. The Morgan fingerprint density at radius 3 is 2.65 bits per heavy atom. The standard InChI is InChI=1S/C12H13ClN2O2/c1-12(2,3)17-11(16)15-10-7-8(13)5-6-9(10)14-4/h5-7H,1-3H3,(H,15,16). The van der Waals surface area contributed by atoms with Gasteiger partial charge in [0, 0.05) is 5.02 Å². The van der Waals surface area contributed by atoms with Crippen LogP contribution in [0.2, 0.25) is 5.02 Å². The van der Waals surface area contributed by atoms with Crippen molar-refractivity contribution in [3.05, 3.63) is 34.6 Å². The minimum Gasteiger partial charge on any atom is -0.444 e. The molecular formula is C12H13ClN2O2. The van der Waals surface area contributed by atoms with Crippen molar-refractivity contribution < 1.29 is 9.53 Å². The van der Waals surface area contributed by atoms with E-state index in [2.05, 4.69) is 10.2 Å². The number of nitrogens with one attached hydrogen (secondary N) is 1. The first kappa shape index (κ1) is 13.3. The highest BCUT2D eigenvalue weighted by atomic mass is 35.5. The molecule has 0 saturated heterocycles. The fourth-order valence-corrected chi connectivity index (χ4v) is 1.29. The van der Waals surface area contributed by atoms with Crippen molar-refractivity contribution in [3.8, 4) is 0 Å². The van der Waals surface area contributed by atoms with Crippen molar-refractivity contribution in [2.24, 2.45) is 0 Å². The average molecular weight is 253 g/mol. The molecule has 1 aromatic carbocycles. The molecule has 0 spiro atoms. The number of nitrogens with zero attached hydrogens (tertiary/aromatic N) is 1. The summed E-state index contributed by atoms with van der Waals surface area (Å²) in [5, 5.41) is 2.95. The van der Waals surface area contributed by atoms with Gasteiger partial charge in [0.2, 0.25) is 5.69 Å². The second kappa shape index (κ2) is 5.07. The van der Waals surface area contributed by atoms with Gasteiger partial charge in [0.15, 0.2) is 0 Å². The lowest BCUT2D eigenvalue weighted by Gasteiger charge is -2.20. The average Bonchev–Trinajstić information content (AvgIpc) is 2.14. The molecular weight excluding hydrogens is 240 g/mol. The smallest absolute Gasteiger partial charge is 0.411 e. The van der Waals surface area contributed by atoms with Crippen LogP contribution in [-0.2, 0) is 4.74 Å². The summed E-state index contributed by atoms with van der Waals surface area (Å²) in [6, 6.07) is 4.65. The van der Waals surface area contributed by atoms with Gasteiger partial charge in [0.25, 0.3) is 0 Å². The van der Waals surface area contributed by atoms with Crippen LogP contribution < -0.4 is 5.32 Å². The largest absolute Gasteiger partial charge is 0.444 e. The summed E-state index contributed by atoms with van der Waals surface area (Å²) in [4.78, 5) is 14.8. The van der Waals surface area contributed by atoms with Gasteiger partial charge in [-0.25, -0.2) is 9.64 Å². The van der Waals surface area contributed by atoms with Crippen LogP contribution in [0.1, 0.15) is 20.8 Å². The molecule has 0 aliphatic rings. The van der Waals surface area contributed by atoms with E-state index in [-0.39, 0.29) is 0 Å². The van der Waals surface area contributed by atoms with Gasteiger partial charge in [-0.15, -0.1) is 0 Å². The van der Waals surface area contributed by atoms with Crippen LogP contribution in [0, 0.1) is 6.57 Å². The van der Waals surface area contributed by atoms with Gasteiger partial charge in [-0.1, -0.05) is 23.7 Å². The van der Waals surface area contributed by atoms with Crippen molar-refractivity contribution in [2.75, 3.05) is 5.32 Å². The molecule has 1 rings (SSSR count). The number of ether oxygens (including phenoxy) is 1. The van der Waals surface area contributed by atoms with Crippen molar-refractivity contribution in [1.82, 2.24) is 0 Å². The lowest BCUT2D eigenvalue weighted by molar-refractivity contribution is 0.0636. The molecule has 0 saturated carbocycles. The monoisotopic (exact) mass is 252 g/mol. The lowest BCUT2D eigenvalue weighted by Crippen LogP contribution is -2.27. The van der Waals surface area contributed by atoms with E-state index < -0.39 is 11.7 Å². The Balaban J connectivity index is 2.85. The highest BCUT2D eigenvalue weighted by molar-refractivity contribution is 6.31. The molecule has 0 bridgehead atoms. The van der Waals surface area contributed by atoms with Gasteiger partial charge >= 0.3 is 6.09 Å². The number of hydrogen-bond donors (Lipinski definition) is 1. The van der Waals surface area contributed by atoms with Crippen LogP contribution in [-0.4, -0.2) is 11.7 Å². The number of hydrogen-bond acceptors (Lipinski definition) is 2. The molecule has 0 aromatic heterocycles. The van der Waals surface area contributed by atoms with Crippen LogP contribution in [0.25, 0.3) is 4.85 Å². The van der Waals surface area contributed by atoms with Crippen molar-refractivity contribution in [3.63, 3.8) is 0 Å². The van der Waals surface area contributed by atoms with E-state index in [9.17, 15) is 4.79 Å². The van der Waals surface area contributed by atoms with E-state index >= 15 is 0 Å². The second-order valence-electron chi connectivity index (χ2n) is 4.40. The Bertz CT molecular complexity index is 472. The quantitative estimate of drug-likeness (QED) is 0.760. The van der Waals surface area contributed by atoms with Crippen LogP contribution in [0.3, 0.4) is 0 Å². The summed E-state index contributed by atoms with van der Waals surface area (Å²) in [7, 11) is 0. The zero-order valence-electron chi connectivity index (χ0n) is 9.87.